The zero-order valence-electron chi connectivity index (χ0n) is 18.7. The number of amides is 1. The average molecular weight is 495 g/mol. The lowest BCUT2D eigenvalue weighted by Crippen LogP contribution is -2.14. The number of nitrogens with zero attached hydrogens (tertiary/aromatic N) is 5. The van der Waals surface area contributed by atoms with Gasteiger partial charge in [-0.15, -0.1) is 10.2 Å². The molecule has 3 aromatic heterocycles. The van der Waals surface area contributed by atoms with Gasteiger partial charge in [-0.2, -0.15) is 13.2 Å². The number of hydrogen-bond donors (Lipinski definition) is 2. The van der Waals surface area contributed by atoms with Crippen molar-refractivity contribution < 1.29 is 22.7 Å². The molecule has 1 aliphatic rings. The Kier molecular flexibility index (Phi) is 6.10. The first-order chi connectivity index (χ1) is 17.3. The van der Waals surface area contributed by atoms with Crippen LogP contribution in [0.15, 0.2) is 61.1 Å². The summed E-state index contributed by atoms with van der Waals surface area (Å²) in [7, 11) is 0. The van der Waals surface area contributed by atoms with Gasteiger partial charge in [0.05, 0.1) is 0 Å². The topological polar surface area (TPSA) is 121 Å². The van der Waals surface area contributed by atoms with Crippen molar-refractivity contribution in [1.29, 1.82) is 0 Å². The van der Waals surface area contributed by atoms with Gasteiger partial charge in [0, 0.05) is 42.2 Å². The molecule has 1 amide bonds. The first kappa shape index (κ1) is 23.4. The molecule has 4 aromatic rings. The van der Waals surface area contributed by atoms with Crippen molar-refractivity contribution >= 4 is 11.6 Å². The van der Waals surface area contributed by atoms with Crippen LogP contribution in [0.5, 0.6) is 11.6 Å². The molecule has 1 saturated carbocycles. The summed E-state index contributed by atoms with van der Waals surface area (Å²) in [6, 6.07) is 12.5. The molecular formula is C24H20F3N7O2. The van der Waals surface area contributed by atoms with Crippen LogP contribution < -0.4 is 15.8 Å². The van der Waals surface area contributed by atoms with Crippen LogP contribution in [0.4, 0.5) is 18.9 Å². The summed E-state index contributed by atoms with van der Waals surface area (Å²) in [6.07, 6.45) is 0.511. The molecule has 0 bridgehead atoms. The third-order valence-corrected chi connectivity index (χ3v) is 5.47. The number of pyridine rings is 2. The Labute approximate surface area is 203 Å². The number of benzene rings is 1. The Balaban J connectivity index is 1.33. The third-order valence-electron chi connectivity index (χ3n) is 5.47. The maximum absolute atomic E-state index is 13.2. The van der Waals surface area contributed by atoms with E-state index in [9.17, 15) is 18.0 Å². The molecule has 0 spiro atoms. The minimum absolute atomic E-state index is 0.00470. The molecule has 1 aromatic carbocycles. The molecule has 12 heteroatoms. The van der Waals surface area contributed by atoms with Crippen molar-refractivity contribution in [3.8, 4) is 23.0 Å². The number of halogens is 3. The first-order valence-electron chi connectivity index (χ1n) is 11.0. The number of nitrogens with two attached hydrogens (primary N) is 1. The summed E-state index contributed by atoms with van der Waals surface area (Å²) in [6.45, 7) is -0.123. The number of ether oxygens (including phenoxy) is 1. The van der Waals surface area contributed by atoms with E-state index in [4.69, 9.17) is 10.5 Å². The van der Waals surface area contributed by atoms with Gasteiger partial charge in [-0.25, -0.2) is 4.98 Å². The molecule has 0 aliphatic heterocycles. The number of carbonyl (C=O) groups is 1. The molecule has 0 unspecified atom stereocenters. The lowest BCUT2D eigenvalue weighted by molar-refractivity contribution is -0.141. The third kappa shape index (κ3) is 5.18. The normalized spacial score (nSPS) is 13.4. The van der Waals surface area contributed by atoms with Crippen LogP contribution in [0.25, 0.3) is 11.4 Å². The van der Waals surface area contributed by atoms with Gasteiger partial charge in [-0.1, -0.05) is 12.1 Å². The molecule has 0 saturated heterocycles. The average Bonchev–Trinajstić information content (AvgIpc) is 3.59. The van der Waals surface area contributed by atoms with Gasteiger partial charge in [0.15, 0.2) is 5.82 Å². The lowest BCUT2D eigenvalue weighted by Gasteiger charge is -2.12. The molecule has 5 rings (SSSR count). The molecule has 36 heavy (non-hydrogen) atoms. The van der Waals surface area contributed by atoms with Crippen LogP contribution >= 0.6 is 0 Å². The number of rotatable bonds is 7. The molecule has 0 atom stereocenters. The van der Waals surface area contributed by atoms with E-state index < -0.39 is 17.8 Å². The van der Waals surface area contributed by atoms with E-state index in [2.05, 4.69) is 25.5 Å². The van der Waals surface area contributed by atoms with E-state index >= 15 is 0 Å². The standard InChI is InChI=1S/C24H20F3N7O2/c25-24(26,27)20-8-14(12-28)9-21(32-20)36-18-6-7-29-19(11-18)23(35)31-16-3-1-2-15(10-16)22-33-30-13-34(22)17-4-5-17/h1-3,6-11,13,17H,4-5,12,28H2,(H,31,35). The van der Waals surface area contributed by atoms with Crippen LogP contribution in [0.3, 0.4) is 0 Å². The Morgan fingerprint density at radius 2 is 2.00 bits per heavy atom. The molecule has 1 fully saturated rings. The number of carbonyl (C=O) groups excluding carboxylic acids is 1. The second kappa shape index (κ2) is 9.38. The highest BCUT2D eigenvalue weighted by Gasteiger charge is 2.33. The van der Waals surface area contributed by atoms with Crippen LogP contribution in [-0.4, -0.2) is 30.6 Å². The zero-order chi connectivity index (χ0) is 25.3. The minimum atomic E-state index is -4.66. The van der Waals surface area contributed by atoms with E-state index in [-0.39, 0.29) is 29.4 Å². The Morgan fingerprint density at radius 3 is 2.75 bits per heavy atom. The summed E-state index contributed by atoms with van der Waals surface area (Å²) < 4.78 is 47.0. The first-order valence-corrected chi connectivity index (χ1v) is 11.0. The van der Waals surface area contributed by atoms with Crippen molar-refractivity contribution in [1.82, 2.24) is 24.7 Å². The van der Waals surface area contributed by atoms with Gasteiger partial charge in [0.1, 0.15) is 23.5 Å². The second-order valence-electron chi connectivity index (χ2n) is 8.21. The van der Waals surface area contributed by atoms with Crippen LogP contribution in [-0.2, 0) is 12.7 Å². The number of nitrogens with one attached hydrogen (secondary N) is 1. The van der Waals surface area contributed by atoms with Gasteiger partial charge < -0.3 is 20.4 Å². The van der Waals surface area contributed by atoms with Crippen LogP contribution in [0.1, 0.15) is 40.6 Å². The Hall–Kier alpha value is -4.32. The van der Waals surface area contributed by atoms with Crippen LogP contribution in [0, 0.1) is 0 Å². The molecular weight excluding hydrogens is 475 g/mol. The summed E-state index contributed by atoms with van der Waals surface area (Å²) in [4.78, 5) is 20.4. The smallest absolute Gasteiger partial charge is 0.433 e. The molecule has 9 nitrogen and oxygen atoms in total. The predicted molar refractivity (Wildman–Crippen MR) is 123 cm³/mol. The van der Waals surface area contributed by atoms with E-state index in [0.29, 0.717) is 17.6 Å². The fourth-order valence-corrected chi connectivity index (χ4v) is 3.59. The molecule has 0 radical (unpaired) electrons. The van der Waals surface area contributed by atoms with E-state index in [1.807, 2.05) is 10.6 Å². The van der Waals surface area contributed by atoms with Crippen molar-refractivity contribution in [3.63, 3.8) is 0 Å². The SMILES string of the molecule is NCc1cc(Oc2ccnc(C(=O)Nc3cccc(-c4nncn4C4CC4)c3)c2)nc(C(F)(F)F)c1. The monoisotopic (exact) mass is 495 g/mol. The Bertz CT molecular complexity index is 1420. The fourth-order valence-electron chi connectivity index (χ4n) is 3.59. The van der Waals surface area contributed by atoms with Crippen LogP contribution in [0.2, 0.25) is 0 Å². The van der Waals surface area contributed by atoms with E-state index in [1.54, 1.807) is 24.5 Å². The maximum atomic E-state index is 13.2. The van der Waals surface area contributed by atoms with Crippen molar-refractivity contribution in [2.75, 3.05) is 5.32 Å². The highest BCUT2D eigenvalue weighted by Crippen LogP contribution is 2.37. The van der Waals surface area contributed by atoms with E-state index in [0.717, 1.165) is 24.5 Å². The summed E-state index contributed by atoms with van der Waals surface area (Å²) in [5, 5.41) is 11.0. The number of hydrogen-bond acceptors (Lipinski definition) is 7. The number of alkyl halides is 3. The van der Waals surface area contributed by atoms with Gasteiger partial charge in [0.2, 0.25) is 5.88 Å². The quantitative estimate of drug-likeness (QED) is 0.385. The zero-order valence-corrected chi connectivity index (χ0v) is 18.7. The van der Waals surface area contributed by atoms with E-state index in [1.165, 1.54) is 24.4 Å². The summed E-state index contributed by atoms with van der Waals surface area (Å²) in [5.74, 6) is -0.0139. The molecule has 3 heterocycles. The second-order valence-corrected chi connectivity index (χ2v) is 8.21. The molecule has 184 valence electrons. The number of aromatic nitrogens is 5. The predicted octanol–water partition coefficient (Wildman–Crippen LogP) is 4.59. The van der Waals surface area contributed by atoms with Gasteiger partial charge in [-0.05, 0) is 42.7 Å². The summed E-state index contributed by atoms with van der Waals surface area (Å²) >= 11 is 0. The highest BCUT2D eigenvalue weighted by atomic mass is 19.4. The summed E-state index contributed by atoms with van der Waals surface area (Å²) in [5.41, 5.74) is 5.91. The number of anilines is 1. The Morgan fingerprint density at radius 1 is 1.17 bits per heavy atom. The fraction of sp³-hybridized carbons (Fsp3) is 0.208. The largest absolute Gasteiger partial charge is 0.439 e. The maximum Gasteiger partial charge on any atom is 0.433 e. The van der Waals surface area contributed by atoms with Crippen molar-refractivity contribution in [2.45, 2.75) is 31.6 Å². The molecule has 3 N–H and O–H groups in total. The van der Waals surface area contributed by atoms with Crippen molar-refractivity contribution in [2.24, 2.45) is 5.73 Å². The highest BCUT2D eigenvalue weighted by molar-refractivity contribution is 6.03. The van der Waals surface area contributed by atoms with Gasteiger partial charge in [-0.3, -0.25) is 9.78 Å². The van der Waals surface area contributed by atoms with Gasteiger partial charge in [0.25, 0.3) is 5.91 Å². The van der Waals surface area contributed by atoms with Gasteiger partial charge >= 0.3 is 6.18 Å². The van der Waals surface area contributed by atoms with Crippen molar-refractivity contribution in [3.05, 3.63) is 78.0 Å². The lowest BCUT2D eigenvalue weighted by atomic mass is 10.2. The molecule has 1 aliphatic carbocycles. The minimum Gasteiger partial charge on any atom is -0.439 e.